The van der Waals surface area contributed by atoms with E-state index in [-0.39, 0.29) is 36.4 Å². The molecule has 1 aliphatic heterocycles. The van der Waals surface area contributed by atoms with Gasteiger partial charge in [-0.15, -0.1) is 0 Å². The maximum atomic E-state index is 13.6. The zero-order valence-corrected chi connectivity index (χ0v) is 20.1. The van der Waals surface area contributed by atoms with E-state index in [4.69, 9.17) is 0 Å². The lowest BCUT2D eigenvalue weighted by atomic mass is 9.99. The number of urea groups is 1. The second-order valence-corrected chi connectivity index (χ2v) is 9.09. The van der Waals surface area contributed by atoms with Crippen LogP contribution in [-0.4, -0.2) is 45.4 Å². The van der Waals surface area contributed by atoms with Gasteiger partial charge < -0.3 is 19.7 Å². The van der Waals surface area contributed by atoms with Crippen molar-refractivity contribution in [3.05, 3.63) is 89.0 Å². The van der Waals surface area contributed by atoms with Gasteiger partial charge in [-0.3, -0.25) is 4.79 Å². The molecule has 0 unspecified atom stereocenters. The van der Waals surface area contributed by atoms with Crippen LogP contribution in [0.5, 0.6) is 0 Å². The molecule has 178 valence electrons. The fraction of sp³-hybridized carbons (Fsp3) is 0.333. The van der Waals surface area contributed by atoms with E-state index >= 15 is 0 Å². The summed E-state index contributed by atoms with van der Waals surface area (Å²) < 4.78 is 15.7. The van der Waals surface area contributed by atoms with Gasteiger partial charge in [0, 0.05) is 36.7 Å². The Labute approximate surface area is 200 Å². The largest absolute Gasteiger partial charge is 0.348 e. The summed E-state index contributed by atoms with van der Waals surface area (Å²) in [5, 5.41) is 3.00. The number of aromatic nitrogens is 1. The van der Waals surface area contributed by atoms with Crippen LogP contribution in [0.15, 0.2) is 60.8 Å². The third kappa shape index (κ3) is 4.69. The smallest absolute Gasteiger partial charge is 0.322 e. The lowest BCUT2D eigenvalue weighted by molar-refractivity contribution is -0.134. The van der Waals surface area contributed by atoms with Crippen molar-refractivity contribution in [3.63, 3.8) is 0 Å². The predicted octanol–water partition coefficient (Wildman–Crippen LogP) is 5.12. The van der Waals surface area contributed by atoms with E-state index in [1.165, 1.54) is 12.1 Å². The molecule has 1 atom stereocenters. The number of amides is 3. The van der Waals surface area contributed by atoms with Gasteiger partial charge in [0.25, 0.3) is 0 Å². The molecule has 1 N–H and O–H groups in total. The number of para-hydroxylation sites is 1. The molecule has 1 aliphatic rings. The number of aryl methyl sites for hydroxylation is 2. The first-order chi connectivity index (χ1) is 16.3. The van der Waals surface area contributed by atoms with E-state index in [1.807, 2.05) is 64.2 Å². The Hall–Kier alpha value is -3.61. The van der Waals surface area contributed by atoms with Crippen molar-refractivity contribution in [2.45, 2.75) is 46.3 Å². The van der Waals surface area contributed by atoms with Crippen LogP contribution in [0.4, 0.5) is 14.9 Å². The Morgan fingerprint density at radius 3 is 2.35 bits per heavy atom. The van der Waals surface area contributed by atoms with Crippen molar-refractivity contribution in [2.75, 3.05) is 18.4 Å². The Morgan fingerprint density at radius 1 is 1.03 bits per heavy atom. The van der Waals surface area contributed by atoms with E-state index in [0.717, 1.165) is 28.1 Å². The van der Waals surface area contributed by atoms with E-state index in [2.05, 4.69) is 9.88 Å². The Morgan fingerprint density at radius 2 is 1.71 bits per heavy atom. The van der Waals surface area contributed by atoms with E-state index in [0.29, 0.717) is 13.1 Å². The highest BCUT2D eigenvalue weighted by Crippen LogP contribution is 2.33. The van der Waals surface area contributed by atoms with Crippen molar-refractivity contribution in [3.8, 4) is 0 Å². The highest BCUT2D eigenvalue weighted by molar-refractivity contribution is 5.94. The Balaban J connectivity index is 1.58. The summed E-state index contributed by atoms with van der Waals surface area (Å²) in [5.74, 6) is -0.464. The normalized spacial score (nSPS) is 15.2. The Kier molecular flexibility index (Phi) is 6.72. The number of hydrogen-bond donors (Lipinski definition) is 1. The molecule has 0 spiro atoms. The third-order valence-corrected chi connectivity index (χ3v) is 6.45. The molecule has 7 heteroatoms. The lowest BCUT2D eigenvalue weighted by Crippen LogP contribution is -2.50. The van der Waals surface area contributed by atoms with Crippen molar-refractivity contribution >= 4 is 17.6 Å². The Bertz CT molecular complexity index is 1170. The number of carbonyl (C=O) groups excluding carboxylic acids is 2. The lowest BCUT2D eigenvalue weighted by Gasteiger charge is -2.39. The van der Waals surface area contributed by atoms with Crippen molar-refractivity contribution in [1.29, 1.82) is 0 Å². The van der Waals surface area contributed by atoms with Crippen LogP contribution in [0, 0.1) is 19.7 Å². The number of halogens is 1. The van der Waals surface area contributed by atoms with Crippen LogP contribution < -0.4 is 5.32 Å². The van der Waals surface area contributed by atoms with Crippen LogP contribution in [0.1, 0.15) is 42.3 Å². The number of fused-ring (bicyclic) bond motifs is 1. The molecule has 2 aromatic carbocycles. The highest BCUT2D eigenvalue weighted by atomic mass is 19.1. The molecule has 0 aliphatic carbocycles. The van der Waals surface area contributed by atoms with Gasteiger partial charge in [0.2, 0.25) is 5.91 Å². The van der Waals surface area contributed by atoms with Gasteiger partial charge in [0.15, 0.2) is 0 Å². The summed E-state index contributed by atoms with van der Waals surface area (Å²) in [5.41, 5.74) is 4.52. The summed E-state index contributed by atoms with van der Waals surface area (Å²) in [4.78, 5) is 30.2. The predicted molar refractivity (Wildman–Crippen MR) is 131 cm³/mol. The summed E-state index contributed by atoms with van der Waals surface area (Å²) in [6.07, 6.45) is 1.99. The van der Waals surface area contributed by atoms with Crippen molar-refractivity contribution < 1.29 is 14.0 Å². The molecule has 0 radical (unpaired) electrons. The van der Waals surface area contributed by atoms with E-state index < -0.39 is 0 Å². The molecule has 0 fully saturated rings. The van der Waals surface area contributed by atoms with Gasteiger partial charge in [-0.1, -0.05) is 30.3 Å². The van der Waals surface area contributed by atoms with Gasteiger partial charge in [0.1, 0.15) is 12.4 Å². The average Bonchev–Trinajstić information content (AvgIpc) is 3.28. The number of rotatable bonds is 5. The minimum absolute atomic E-state index is 0.0488. The number of hydrogen-bond acceptors (Lipinski definition) is 2. The minimum atomic E-state index is -0.340. The SMILES string of the molecule is Cc1cccc(C)c1NC(=O)N(CC(=O)N1CCn2cccc2[C@H]1c1ccc(F)cc1)C(C)C. The number of nitrogens with zero attached hydrogens (tertiary/aromatic N) is 3. The third-order valence-electron chi connectivity index (χ3n) is 6.45. The monoisotopic (exact) mass is 462 g/mol. The molecular formula is C27H31FN4O2. The molecule has 34 heavy (non-hydrogen) atoms. The summed E-state index contributed by atoms with van der Waals surface area (Å²) in [7, 11) is 0. The molecule has 0 bridgehead atoms. The zero-order valence-electron chi connectivity index (χ0n) is 20.1. The first-order valence-electron chi connectivity index (χ1n) is 11.6. The molecule has 0 saturated carbocycles. The zero-order chi connectivity index (χ0) is 24.4. The van der Waals surface area contributed by atoms with Crippen LogP contribution >= 0.6 is 0 Å². The van der Waals surface area contributed by atoms with Crippen LogP contribution in [-0.2, 0) is 11.3 Å². The van der Waals surface area contributed by atoms with Gasteiger partial charge >= 0.3 is 6.03 Å². The molecule has 3 amide bonds. The molecular weight excluding hydrogens is 431 g/mol. The molecule has 1 aromatic heterocycles. The molecule has 0 saturated heterocycles. The fourth-order valence-electron chi connectivity index (χ4n) is 4.56. The summed E-state index contributed by atoms with van der Waals surface area (Å²) in [6, 6.07) is 15.2. The average molecular weight is 463 g/mol. The second kappa shape index (κ2) is 9.71. The van der Waals surface area contributed by atoms with Crippen molar-refractivity contribution in [1.82, 2.24) is 14.4 Å². The topological polar surface area (TPSA) is 57.6 Å². The van der Waals surface area contributed by atoms with Crippen LogP contribution in [0.2, 0.25) is 0 Å². The van der Waals surface area contributed by atoms with Crippen LogP contribution in [0.3, 0.4) is 0 Å². The first-order valence-corrected chi connectivity index (χ1v) is 11.6. The van der Waals surface area contributed by atoms with Gasteiger partial charge in [0.05, 0.1) is 6.04 Å². The molecule has 2 heterocycles. The number of benzene rings is 2. The molecule has 4 rings (SSSR count). The second-order valence-electron chi connectivity index (χ2n) is 9.09. The standard InChI is InChI=1S/C27H31FN4O2/c1-18(2)32(27(34)29-25-19(3)7-5-8-20(25)4)17-24(33)31-16-15-30-14-6-9-23(30)26(31)21-10-12-22(28)13-11-21/h5-14,18,26H,15-17H2,1-4H3,(H,29,34)/t26-/m1/s1. The maximum absolute atomic E-state index is 13.6. The maximum Gasteiger partial charge on any atom is 0.322 e. The minimum Gasteiger partial charge on any atom is -0.348 e. The quantitative estimate of drug-likeness (QED) is 0.572. The van der Waals surface area contributed by atoms with Gasteiger partial charge in [-0.25, -0.2) is 9.18 Å². The first kappa shape index (κ1) is 23.5. The fourth-order valence-corrected chi connectivity index (χ4v) is 4.56. The molecule has 6 nitrogen and oxygen atoms in total. The number of anilines is 1. The summed E-state index contributed by atoms with van der Waals surface area (Å²) >= 11 is 0. The van der Waals surface area contributed by atoms with E-state index in [1.54, 1.807) is 21.9 Å². The number of carbonyl (C=O) groups is 2. The molecule has 3 aromatic rings. The van der Waals surface area contributed by atoms with Crippen LogP contribution in [0.25, 0.3) is 0 Å². The van der Waals surface area contributed by atoms with Crippen molar-refractivity contribution in [2.24, 2.45) is 0 Å². The van der Waals surface area contributed by atoms with Gasteiger partial charge in [-0.2, -0.15) is 0 Å². The highest BCUT2D eigenvalue weighted by Gasteiger charge is 2.34. The summed E-state index contributed by atoms with van der Waals surface area (Å²) in [6.45, 7) is 8.82. The van der Waals surface area contributed by atoms with E-state index in [9.17, 15) is 14.0 Å². The van der Waals surface area contributed by atoms with Gasteiger partial charge in [-0.05, 0) is 68.7 Å². The number of nitrogens with one attached hydrogen (secondary N) is 1.